The third kappa shape index (κ3) is 4.18. The van der Waals surface area contributed by atoms with Crippen molar-refractivity contribution in [2.24, 2.45) is 5.92 Å². The standard InChI is InChI=1S/C20H22N2O3/c1-13-5-3-4-6-15(13)11-21-20(24)17-9-16-10-18(22-14(2)23)7-8-19(16)25-12-17/h3-8,10,17H,9,11-12H2,1-2H3,(H,21,24)(H,22,23)/t17-/m1/s1. The van der Waals surface area contributed by atoms with E-state index >= 15 is 0 Å². The highest BCUT2D eigenvalue weighted by molar-refractivity contribution is 5.89. The van der Waals surface area contributed by atoms with Gasteiger partial charge in [-0.2, -0.15) is 0 Å². The van der Waals surface area contributed by atoms with Gasteiger partial charge in [0.2, 0.25) is 11.8 Å². The third-order valence-electron chi connectivity index (χ3n) is 4.37. The predicted molar refractivity (Wildman–Crippen MR) is 96.5 cm³/mol. The van der Waals surface area contributed by atoms with Crippen LogP contribution < -0.4 is 15.4 Å². The fourth-order valence-corrected chi connectivity index (χ4v) is 2.98. The van der Waals surface area contributed by atoms with Gasteiger partial charge in [-0.3, -0.25) is 9.59 Å². The van der Waals surface area contributed by atoms with Crippen LogP contribution in [0.4, 0.5) is 5.69 Å². The molecule has 0 aliphatic carbocycles. The van der Waals surface area contributed by atoms with Crippen LogP contribution in [0.5, 0.6) is 5.75 Å². The molecule has 2 N–H and O–H groups in total. The summed E-state index contributed by atoms with van der Waals surface area (Å²) in [7, 11) is 0. The molecule has 0 spiro atoms. The molecule has 1 atom stereocenters. The van der Waals surface area contributed by atoms with Crippen molar-refractivity contribution in [3.8, 4) is 5.75 Å². The first kappa shape index (κ1) is 17.0. The number of hydrogen-bond acceptors (Lipinski definition) is 3. The summed E-state index contributed by atoms with van der Waals surface area (Å²) in [5.74, 6) is 0.407. The highest BCUT2D eigenvalue weighted by Gasteiger charge is 2.26. The second-order valence-corrected chi connectivity index (χ2v) is 6.36. The molecule has 130 valence electrons. The van der Waals surface area contributed by atoms with E-state index in [-0.39, 0.29) is 17.7 Å². The Morgan fingerprint density at radius 3 is 2.76 bits per heavy atom. The molecule has 0 fully saturated rings. The monoisotopic (exact) mass is 338 g/mol. The topological polar surface area (TPSA) is 67.4 Å². The first-order valence-electron chi connectivity index (χ1n) is 8.38. The van der Waals surface area contributed by atoms with Crippen LogP contribution in [0, 0.1) is 12.8 Å². The van der Waals surface area contributed by atoms with Crippen LogP contribution in [-0.2, 0) is 22.6 Å². The van der Waals surface area contributed by atoms with Crippen LogP contribution in [0.25, 0.3) is 0 Å². The predicted octanol–water partition coefficient (Wildman–Crippen LogP) is 2.82. The summed E-state index contributed by atoms with van der Waals surface area (Å²) in [4.78, 5) is 23.7. The van der Waals surface area contributed by atoms with Gasteiger partial charge >= 0.3 is 0 Å². The Kier molecular flexibility index (Phi) is 5.03. The summed E-state index contributed by atoms with van der Waals surface area (Å²) in [5, 5.41) is 5.76. The van der Waals surface area contributed by atoms with Crippen LogP contribution in [0.2, 0.25) is 0 Å². The van der Waals surface area contributed by atoms with Gasteiger partial charge < -0.3 is 15.4 Å². The minimum Gasteiger partial charge on any atom is -0.492 e. The van der Waals surface area contributed by atoms with Crippen LogP contribution in [0.3, 0.4) is 0 Å². The minimum atomic E-state index is -0.232. The maximum atomic E-state index is 12.5. The molecule has 0 radical (unpaired) electrons. The van der Waals surface area contributed by atoms with Crippen LogP contribution >= 0.6 is 0 Å². The van der Waals surface area contributed by atoms with Crippen LogP contribution in [0.15, 0.2) is 42.5 Å². The van der Waals surface area contributed by atoms with Crippen molar-refractivity contribution in [2.45, 2.75) is 26.8 Å². The first-order chi connectivity index (χ1) is 12.0. The zero-order chi connectivity index (χ0) is 17.8. The number of fused-ring (bicyclic) bond motifs is 1. The molecule has 3 rings (SSSR count). The Labute approximate surface area is 147 Å². The first-order valence-corrected chi connectivity index (χ1v) is 8.38. The molecule has 0 saturated carbocycles. The largest absolute Gasteiger partial charge is 0.492 e. The fourth-order valence-electron chi connectivity index (χ4n) is 2.98. The lowest BCUT2D eigenvalue weighted by Gasteiger charge is -2.25. The lowest BCUT2D eigenvalue weighted by atomic mass is 9.95. The Morgan fingerprint density at radius 2 is 2.00 bits per heavy atom. The van der Waals surface area contributed by atoms with Gasteiger partial charge in [-0.25, -0.2) is 0 Å². The molecule has 1 aliphatic rings. The fraction of sp³-hybridized carbons (Fsp3) is 0.300. The normalized spacial score (nSPS) is 15.7. The number of carbonyl (C=O) groups is 2. The second-order valence-electron chi connectivity index (χ2n) is 6.36. The highest BCUT2D eigenvalue weighted by Crippen LogP contribution is 2.30. The number of aryl methyl sites for hydroxylation is 1. The maximum Gasteiger partial charge on any atom is 0.227 e. The molecule has 5 heteroatoms. The third-order valence-corrected chi connectivity index (χ3v) is 4.37. The summed E-state index contributed by atoms with van der Waals surface area (Å²) in [5.41, 5.74) is 3.93. The van der Waals surface area contributed by atoms with E-state index in [9.17, 15) is 9.59 Å². The molecule has 2 amide bonds. The Bertz CT molecular complexity index is 801. The Balaban J connectivity index is 1.64. The molecule has 5 nitrogen and oxygen atoms in total. The van der Waals surface area contributed by atoms with E-state index in [1.807, 2.05) is 43.3 Å². The Hall–Kier alpha value is -2.82. The van der Waals surface area contributed by atoms with E-state index in [1.165, 1.54) is 6.92 Å². The average molecular weight is 338 g/mol. The molecule has 25 heavy (non-hydrogen) atoms. The molecular weight excluding hydrogens is 316 g/mol. The average Bonchev–Trinajstić information content (AvgIpc) is 2.59. The lowest BCUT2D eigenvalue weighted by molar-refractivity contribution is -0.126. The van der Waals surface area contributed by atoms with Gasteiger partial charge in [0.15, 0.2) is 0 Å². The number of carbonyl (C=O) groups excluding carboxylic acids is 2. The van der Waals surface area contributed by atoms with Crippen molar-refractivity contribution in [3.63, 3.8) is 0 Å². The number of rotatable bonds is 4. The number of benzene rings is 2. The molecule has 2 aromatic carbocycles. The van der Waals surface area contributed by atoms with Crippen molar-refractivity contribution in [1.82, 2.24) is 5.32 Å². The number of amides is 2. The number of anilines is 1. The van der Waals surface area contributed by atoms with Gasteiger partial charge in [0.25, 0.3) is 0 Å². The van der Waals surface area contributed by atoms with Gasteiger partial charge in [0.1, 0.15) is 12.4 Å². The molecule has 0 aromatic heterocycles. The summed E-state index contributed by atoms with van der Waals surface area (Å²) < 4.78 is 5.72. The van der Waals surface area contributed by atoms with E-state index in [4.69, 9.17) is 4.74 Å². The van der Waals surface area contributed by atoms with Crippen molar-refractivity contribution >= 4 is 17.5 Å². The van der Waals surface area contributed by atoms with Gasteiger partial charge in [-0.05, 0) is 48.2 Å². The van der Waals surface area contributed by atoms with E-state index in [0.717, 1.165) is 28.1 Å². The van der Waals surface area contributed by atoms with E-state index in [1.54, 1.807) is 6.07 Å². The number of hydrogen-bond donors (Lipinski definition) is 2. The zero-order valence-corrected chi connectivity index (χ0v) is 14.5. The highest BCUT2D eigenvalue weighted by atomic mass is 16.5. The number of nitrogens with one attached hydrogen (secondary N) is 2. The molecule has 1 aliphatic heterocycles. The Morgan fingerprint density at radius 1 is 1.20 bits per heavy atom. The molecule has 0 saturated heterocycles. The minimum absolute atomic E-state index is 0.0150. The number of ether oxygens (including phenoxy) is 1. The quantitative estimate of drug-likeness (QED) is 0.901. The van der Waals surface area contributed by atoms with Crippen molar-refractivity contribution in [2.75, 3.05) is 11.9 Å². The maximum absolute atomic E-state index is 12.5. The van der Waals surface area contributed by atoms with Crippen molar-refractivity contribution < 1.29 is 14.3 Å². The summed E-state index contributed by atoms with van der Waals surface area (Å²) in [6.45, 7) is 4.38. The summed E-state index contributed by atoms with van der Waals surface area (Å²) in [6.07, 6.45) is 0.600. The van der Waals surface area contributed by atoms with Gasteiger partial charge in [-0.1, -0.05) is 24.3 Å². The molecular formula is C20H22N2O3. The van der Waals surface area contributed by atoms with Crippen molar-refractivity contribution in [3.05, 3.63) is 59.2 Å². The lowest BCUT2D eigenvalue weighted by Crippen LogP contribution is -2.37. The smallest absolute Gasteiger partial charge is 0.227 e. The van der Waals surface area contributed by atoms with E-state index in [0.29, 0.717) is 19.6 Å². The molecule has 2 aromatic rings. The summed E-state index contributed by atoms with van der Waals surface area (Å²) in [6, 6.07) is 13.5. The van der Waals surface area contributed by atoms with Crippen LogP contribution in [0.1, 0.15) is 23.6 Å². The second kappa shape index (κ2) is 7.38. The van der Waals surface area contributed by atoms with Crippen molar-refractivity contribution in [1.29, 1.82) is 0 Å². The van der Waals surface area contributed by atoms with Gasteiger partial charge in [-0.15, -0.1) is 0 Å². The SMILES string of the molecule is CC(=O)Nc1ccc2c(c1)C[C@@H](C(=O)NCc1ccccc1C)CO2. The molecule has 0 bridgehead atoms. The van der Waals surface area contributed by atoms with Gasteiger partial charge in [0.05, 0.1) is 5.92 Å². The summed E-state index contributed by atoms with van der Waals surface area (Å²) >= 11 is 0. The molecule has 1 heterocycles. The van der Waals surface area contributed by atoms with Crippen LogP contribution in [-0.4, -0.2) is 18.4 Å². The van der Waals surface area contributed by atoms with E-state index in [2.05, 4.69) is 10.6 Å². The van der Waals surface area contributed by atoms with E-state index < -0.39 is 0 Å². The van der Waals surface area contributed by atoms with Gasteiger partial charge in [0, 0.05) is 19.2 Å². The molecule has 0 unspecified atom stereocenters. The zero-order valence-electron chi connectivity index (χ0n) is 14.5.